The number of allylic oxidation sites excluding steroid dienone is 2. The van der Waals surface area contributed by atoms with Gasteiger partial charge in [-0.2, -0.15) is 0 Å². The normalized spacial score (nSPS) is 47.9. The maximum Gasteiger partial charge on any atom is -0.0172 e. The minimum atomic E-state index is 0.521. The van der Waals surface area contributed by atoms with Gasteiger partial charge in [-0.3, -0.25) is 0 Å². The summed E-state index contributed by atoms with van der Waals surface area (Å²) in [6.07, 6.45) is 7.81. The highest BCUT2D eigenvalue weighted by Gasteiger charge is 2.47. The fraction of sp³-hybridized carbons (Fsp3) is 0.867. The van der Waals surface area contributed by atoms with Crippen LogP contribution < -0.4 is 0 Å². The lowest BCUT2D eigenvalue weighted by Crippen LogP contribution is -2.37. The molecule has 0 aromatic carbocycles. The van der Waals surface area contributed by atoms with Gasteiger partial charge in [-0.1, -0.05) is 53.2 Å². The molecule has 1 fully saturated rings. The van der Waals surface area contributed by atoms with Gasteiger partial charge in [0.15, 0.2) is 0 Å². The molecule has 15 heavy (non-hydrogen) atoms. The number of hydrogen-bond acceptors (Lipinski definition) is 0. The van der Waals surface area contributed by atoms with Crippen molar-refractivity contribution in [2.45, 2.75) is 47.5 Å². The molecule has 0 radical (unpaired) electrons. The average Bonchev–Trinajstić information content (AvgIpc) is 2.34. The Labute approximate surface area is 95.1 Å². The van der Waals surface area contributed by atoms with Crippen molar-refractivity contribution in [2.75, 3.05) is 0 Å². The van der Waals surface area contributed by atoms with Crippen LogP contribution in [0.15, 0.2) is 12.2 Å². The zero-order valence-corrected chi connectivity index (χ0v) is 11.0. The fourth-order valence-electron chi connectivity index (χ4n) is 4.13. The van der Waals surface area contributed by atoms with Gasteiger partial charge >= 0.3 is 0 Å². The highest BCUT2D eigenvalue weighted by molar-refractivity contribution is 5.13. The molecule has 2 bridgehead atoms. The summed E-state index contributed by atoms with van der Waals surface area (Å²) in [6.45, 7) is 12.3. The second kappa shape index (κ2) is 3.64. The summed E-state index contributed by atoms with van der Waals surface area (Å²) in [6, 6.07) is 0. The van der Waals surface area contributed by atoms with Crippen LogP contribution in [0.5, 0.6) is 0 Å². The SMILES string of the molecule is CCC1C2C=CC(CC(C)C2C)C1(C)C. The van der Waals surface area contributed by atoms with Crippen molar-refractivity contribution in [1.82, 2.24) is 0 Å². The molecule has 0 saturated heterocycles. The summed E-state index contributed by atoms with van der Waals surface area (Å²) in [5.41, 5.74) is 0.521. The molecule has 3 aliphatic carbocycles. The highest BCUT2D eigenvalue weighted by atomic mass is 14.5. The van der Waals surface area contributed by atoms with E-state index in [0.717, 1.165) is 29.6 Å². The summed E-state index contributed by atoms with van der Waals surface area (Å²) < 4.78 is 0. The average molecular weight is 206 g/mol. The Balaban J connectivity index is 2.39. The maximum absolute atomic E-state index is 2.54. The third kappa shape index (κ3) is 1.57. The lowest BCUT2D eigenvalue weighted by atomic mass is 9.60. The van der Waals surface area contributed by atoms with Gasteiger partial charge in [0.2, 0.25) is 0 Å². The lowest BCUT2D eigenvalue weighted by molar-refractivity contribution is 0.0929. The second-order valence-corrected chi connectivity index (χ2v) is 6.48. The molecule has 0 amide bonds. The van der Waals surface area contributed by atoms with Crippen molar-refractivity contribution in [3.8, 4) is 0 Å². The first-order valence-electron chi connectivity index (χ1n) is 6.66. The minimum Gasteiger partial charge on any atom is -0.0846 e. The van der Waals surface area contributed by atoms with Gasteiger partial charge < -0.3 is 0 Å². The van der Waals surface area contributed by atoms with Gasteiger partial charge in [0.25, 0.3) is 0 Å². The standard InChI is InChI=1S/C15H26/c1-6-14-13-8-7-12(15(14,4)5)9-10(2)11(13)3/h7-8,10-14H,6,9H2,1-5H3. The molecule has 0 nitrogen and oxygen atoms in total. The Morgan fingerprint density at radius 1 is 1.20 bits per heavy atom. The molecule has 0 aliphatic heterocycles. The van der Waals surface area contributed by atoms with E-state index in [-0.39, 0.29) is 0 Å². The van der Waals surface area contributed by atoms with Crippen molar-refractivity contribution in [1.29, 1.82) is 0 Å². The lowest BCUT2D eigenvalue weighted by Gasteiger charge is -2.44. The molecular formula is C15H26. The monoisotopic (exact) mass is 206 g/mol. The molecule has 5 atom stereocenters. The van der Waals surface area contributed by atoms with Crippen molar-refractivity contribution in [3.63, 3.8) is 0 Å². The maximum atomic E-state index is 2.54. The smallest absolute Gasteiger partial charge is 0.0172 e. The van der Waals surface area contributed by atoms with Gasteiger partial charge in [0.1, 0.15) is 0 Å². The van der Waals surface area contributed by atoms with Crippen LogP contribution in [0, 0.1) is 35.0 Å². The largest absolute Gasteiger partial charge is 0.0846 e. The molecule has 0 heterocycles. The van der Waals surface area contributed by atoms with E-state index in [1.807, 2.05) is 0 Å². The van der Waals surface area contributed by atoms with Crippen LogP contribution in [-0.4, -0.2) is 0 Å². The van der Waals surface area contributed by atoms with E-state index < -0.39 is 0 Å². The van der Waals surface area contributed by atoms with Crippen LogP contribution >= 0.6 is 0 Å². The van der Waals surface area contributed by atoms with E-state index >= 15 is 0 Å². The van der Waals surface area contributed by atoms with Crippen LogP contribution in [-0.2, 0) is 0 Å². The first-order chi connectivity index (χ1) is 6.98. The van der Waals surface area contributed by atoms with E-state index in [2.05, 4.69) is 46.8 Å². The highest BCUT2D eigenvalue weighted by Crippen LogP contribution is 2.54. The van der Waals surface area contributed by atoms with E-state index in [1.54, 1.807) is 0 Å². The molecule has 1 saturated carbocycles. The number of hydrogen-bond donors (Lipinski definition) is 0. The number of fused-ring (bicyclic) bond motifs is 3. The second-order valence-electron chi connectivity index (χ2n) is 6.48. The molecule has 5 unspecified atom stereocenters. The van der Waals surface area contributed by atoms with Crippen molar-refractivity contribution in [2.24, 2.45) is 35.0 Å². The quantitative estimate of drug-likeness (QED) is 0.553. The molecule has 86 valence electrons. The molecule has 0 spiro atoms. The Morgan fingerprint density at radius 3 is 2.47 bits per heavy atom. The zero-order chi connectivity index (χ0) is 11.2. The topological polar surface area (TPSA) is 0 Å². The molecule has 3 rings (SSSR count). The Morgan fingerprint density at radius 2 is 1.87 bits per heavy atom. The first kappa shape index (κ1) is 11.2. The van der Waals surface area contributed by atoms with Crippen molar-refractivity contribution < 1.29 is 0 Å². The molecule has 0 heteroatoms. The van der Waals surface area contributed by atoms with Crippen LogP contribution in [0.1, 0.15) is 47.5 Å². The van der Waals surface area contributed by atoms with Gasteiger partial charge in [-0.25, -0.2) is 0 Å². The summed E-state index contributed by atoms with van der Waals surface area (Å²) in [5.74, 6) is 4.31. The molecule has 0 aromatic rings. The van der Waals surface area contributed by atoms with Gasteiger partial charge in [-0.15, -0.1) is 0 Å². The van der Waals surface area contributed by atoms with Crippen molar-refractivity contribution >= 4 is 0 Å². The molecular weight excluding hydrogens is 180 g/mol. The van der Waals surface area contributed by atoms with E-state index in [4.69, 9.17) is 0 Å². The Bertz CT molecular complexity index is 261. The zero-order valence-electron chi connectivity index (χ0n) is 11.0. The first-order valence-corrected chi connectivity index (χ1v) is 6.66. The summed E-state index contributed by atoms with van der Waals surface area (Å²) in [7, 11) is 0. The van der Waals surface area contributed by atoms with Gasteiger partial charge in [0.05, 0.1) is 0 Å². The van der Waals surface area contributed by atoms with Crippen molar-refractivity contribution in [3.05, 3.63) is 12.2 Å². The summed E-state index contributed by atoms with van der Waals surface area (Å²) >= 11 is 0. The summed E-state index contributed by atoms with van der Waals surface area (Å²) in [5, 5.41) is 0. The minimum absolute atomic E-state index is 0.521. The number of rotatable bonds is 1. The third-order valence-electron chi connectivity index (χ3n) is 5.51. The summed E-state index contributed by atoms with van der Waals surface area (Å²) in [4.78, 5) is 0. The predicted molar refractivity (Wildman–Crippen MR) is 66.6 cm³/mol. The fourth-order valence-corrected chi connectivity index (χ4v) is 4.13. The Kier molecular flexibility index (Phi) is 2.73. The molecule has 0 aromatic heterocycles. The molecule has 3 aliphatic rings. The third-order valence-corrected chi connectivity index (χ3v) is 5.51. The van der Waals surface area contributed by atoms with Crippen LogP contribution in [0.2, 0.25) is 0 Å². The Hall–Kier alpha value is -0.260. The molecule has 0 N–H and O–H groups in total. The van der Waals surface area contributed by atoms with Crippen LogP contribution in [0.3, 0.4) is 0 Å². The van der Waals surface area contributed by atoms with E-state index in [0.29, 0.717) is 5.41 Å². The predicted octanol–water partition coefficient (Wildman–Crippen LogP) is 4.52. The van der Waals surface area contributed by atoms with E-state index in [9.17, 15) is 0 Å². The van der Waals surface area contributed by atoms with Gasteiger partial charge in [-0.05, 0) is 41.4 Å². The van der Waals surface area contributed by atoms with Crippen LogP contribution in [0.4, 0.5) is 0 Å². The van der Waals surface area contributed by atoms with Gasteiger partial charge in [0, 0.05) is 0 Å². The van der Waals surface area contributed by atoms with E-state index in [1.165, 1.54) is 12.8 Å². The van der Waals surface area contributed by atoms with Crippen LogP contribution in [0.25, 0.3) is 0 Å².